The van der Waals surface area contributed by atoms with Crippen molar-refractivity contribution in [2.24, 2.45) is 0 Å². The van der Waals surface area contributed by atoms with E-state index in [4.69, 9.17) is 0 Å². The molecule has 3 aromatic rings. The first-order chi connectivity index (χ1) is 9.11. The summed E-state index contributed by atoms with van der Waals surface area (Å²) >= 11 is 3.45. The van der Waals surface area contributed by atoms with E-state index in [9.17, 15) is 8.78 Å². The molecule has 0 aliphatic heterocycles. The summed E-state index contributed by atoms with van der Waals surface area (Å²) in [4.78, 5) is 7.27. The van der Waals surface area contributed by atoms with E-state index in [1.807, 2.05) is 7.05 Å². The molecule has 0 amide bonds. The molecule has 0 spiro atoms. The molecule has 0 fully saturated rings. The van der Waals surface area contributed by atoms with Crippen LogP contribution in [0.5, 0.6) is 0 Å². The molecule has 7 heteroatoms. The molecule has 2 aromatic heterocycles. The lowest BCUT2D eigenvalue weighted by atomic mass is 10.3. The number of benzene rings is 1. The highest BCUT2D eigenvalue weighted by Gasteiger charge is 2.17. The number of aromatic amines is 1. The molecule has 0 radical (unpaired) electrons. The van der Waals surface area contributed by atoms with Crippen LogP contribution in [0, 0.1) is 11.6 Å². The minimum absolute atomic E-state index is 0.161. The number of likely N-dealkylation sites (N-methyl/N-ethyl adjacent to an activating group) is 1. The Bertz CT molecular complexity index is 762. The molecular weight excluding hydrogens is 318 g/mol. The topological polar surface area (TPSA) is 45.1 Å². The Morgan fingerprint density at radius 2 is 2.21 bits per heavy atom. The van der Waals surface area contributed by atoms with Crippen molar-refractivity contribution in [2.75, 3.05) is 13.6 Å². The van der Waals surface area contributed by atoms with Gasteiger partial charge in [0.05, 0.1) is 11.2 Å². The van der Waals surface area contributed by atoms with Crippen LogP contribution in [0.2, 0.25) is 0 Å². The maximum absolute atomic E-state index is 13.6. The molecule has 3 rings (SSSR count). The van der Waals surface area contributed by atoms with Crippen LogP contribution in [0.4, 0.5) is 8.78 Å². The Morgan fingerprint density at radius 3 is 2.95 bits per heavy atom. The van der Waals surface area contributed by atoms with Gasteiger partial charge in [0, 0.05) is 25.1 Å². The summed E-state index contributed by atoms with van der Waals surface area (Å²) in [5, 5.41) is 3.04. The van der Waals surface area contributed by atoms with E-state index in [2.05, 4.69) is 31.2 Å². The van der Waals surface area contributed by atoms with Crippen LogP contribution < -0.4 is 5.32 Å². The molecule has 0 unspecified atom stereocenters. The lowest BCUT2D eigenvalue weighted by molar-refractivity contribution is 0.590. The summed E-state index contributed by atoms with van der Waals surface area (Å²) in [5.41, 5.74) is 1.50. The van der Waals surface area contributed by atoms with Crippen LogP contribution in [0.1, 0.15) is 5.69 Å². The Morgan fingerprint density at radius 1 is 1.42 bits per heavy atom. The molecule has 0 atom stereocenters. The average molecular weight is 329 g/mol. The van der Waals surface area contributed by atoms with Gasteiger partial charge in [-0.2, -0.15) is 0 Å². The van der Waals surface area contributed by atoms with Gasteiger partial charge in [0.2, 0.25) is 5.78 Å². The van der Waals surface area contributed by atoms with Crippen LogP contribution in [0.3, 0.4) is 0 Å². The van der Waals surface area contributed by atoms with Crippen LogP contribution in [-0.4, -0.2) is 28.0 Å². The van der Waals surface area contributed by atoms with Crippen molar-refractivity contribution in [1.29, 1.82) is 0 Å². The molecule has 19 heavy (non-hydrogen) atoms. The molecule has 0 saturated heterocycles. The van der Waals surface area contributed by atoms with Gasteiger partial charge in [0.1, 0.15) is 15.9 Å². The Labute approximate surface area is 116 Å². The highest BCUT2D eigenvalue weighted by atomic mass is 79.9. The first-order valence-electron chi connectivity index (χ1n) is 5.80. The number of hydrogen-bond acceptors (Lipinski definition) is 2. The van der Waals surface area contributed by atoms with Gasteiger partial charge in [-0.05, 0) is 23.0 Å². The number of rotatable bonds is 3. The van der Waals surface area contributed by atoms with E-state index in [1.165, 1.54) is 6.07 Å². The lowest BCUT2D eigenvalue weighted by Crippen LogP contribution is -2.10. The number of imidazole rings is 2. The molecule has 0 saturated carbocycles. The Hall–Kier alpha value is -1.47. The van der Waals surface area contributed by atoms with Gasteiger partial charge in [-0.15, -0.1) is 0 Å². The van der Waals surface area contributed by atoms with E-state index >= 15 is 0 Å². The van der Waals surface area contributed by atoms with Crippen LogP contribution >= 0.6 is 15.9 Å². The van der Waals surface area contributed by atoms with Gasteiger partial charge in [-0.3, -0.25) is 4.40 Å². The van der Waals surface area contributed by atoms with E-state index in [-0.39, 0.29) is 5.52 Å². The number of nitrogens with zero attached hydrogens (tertiary/aromatic N) is 2. The third-order valence-electron chi connectivity index (χ3n) is 3.01. The zero-order valence-electron chi connectivity index (χ0n) is 10.1. The first kappa shape index (κ1) is 12.6. The highest BCUT2D eigenvalue weighted by Crippen LogP contribution is 2.27. The van der Waals surface area contributed by atoms with E-state index in [1.54, 1.807) is 4.40 Å². The minimum Gasteiger partial charge on any atom is -0.326 e. The van der Waals surface area contributed by atoms with Crippen LogP contribution in [0.25, 0.3) is 16.8 Å². The summed E-state index contributed by atoms with van der Waals surface area (Å²) in [7, 11) is 1.86. The van der Waals surface area contributed by atoms with Crippen LogP contribution in [0.15, 0.2) is 16.7 Å². The SMILES string of the molecule is CNCCc1[nH]c2nc3c(F)cc(F)cc3n2c1Br. The summed E-state index contributed by atoms with van der Waals surface area (Å²) in [6.45, 7) is 0.795. The summed E-state index contributed by atoms with van der Waals surface area (Å²) < 4.78 is 29.4. The highest BCUT2D eigenvalue weighted by molar-refractivity contribution is 9.10. The van der Waals surface area contributed by atoms with Gasteiger partial charge in [-0.25, -0.2) is 13.8 Å². The number of H-pyrrole nitrogens is 1. The van der Waals surface area contributed by atoms with Gasteiger partial charge < -0.3 is 10.3 Å². The monoisotopic (exact) mass is 328 g/mol. The van der Waals surface area contributed by atoms with Gasteiger partial charge >= 0.3 is 0 Å². The predicted molar refractivity (Wildman–Crippen MR) is 72.3 cm³/mol. The molecule has 0 bridgehead atoms. The standard InChI is InChI=1S/C12H11BrF2N4/c1-16-3-2-8-11(13)19-9-5-6(14)4-7(15)10(9)18-12(19)17-8/h4-5,16H,2-3H2,1H3,(H,17,18). The second kappa shape index (κ2) is 4.57. The van der Waals surface area contributed by atoms with Crippen molar-refractivity contribution >= 4 is 32.7 Å². The third kappa shape index (κ3) is 1.93. The van der Waals surface area contributed by atoms with Gasteiger partial charge in [0.15, 0.2) is 5.82 Å². The van der Waals surface area contributed by atoms with Crippen LogP contribution in [-0.2, 0) is 6.42 Å². The fourth-order valence-electron chi connectivity index (χ4n) is 2.12. The summed E-state index contributed by atoms with van der Waals surface area (Å²) in [6, 6.07) is 2.11. The maximum Gasteiger partial charge on any atom is 0.213 e. The zero-order chi connectivity index (χ0) is 13.6. The van der Waals surface area contributed by atoms with Crippen molar-refractivity contribution in [3.8, 4) is 0 Å². The number of aromatic nitrogens is 3. The summed E-state index contributed by atoms with van der Waals surface area (Å²) in [6.07, 6.45) is 0.764. The number of nitrogens with one attached hydrogen (secondary N) is 2. The zero-order valence-corrected chi connectivity index (χ0v) is 11.7. The van der Waals surface area contributed by atoms with Crippen molar-refractivity contribution < 1.29 is 8.78 Å². The molecule has 100 valence electrons. The molecular formula is C12H11BrF2N4. The Balaban J connectivity index is 2.26. The Kier molecular flexibility index (Phi) is 3.02. The molecule has 0 aliphatic carbocycles. The normalized spacial score (nSPS) is 11.8. The molecule has 0 aliphatic rings. The largest absolute Gasteiger partial charge is 0.326 e. The second-order valence-corrected chi connectivity index (χ2v) is 5.03. The smallest absolute Gasteiger partial charge is 0.213 e. The quantitative estimate of drug-likeness (QED) is 0.776. The second-order valence-electron chi connectivity index (χ2n) is 4.27. The van der Waals surface area contributed by atoms with E-state index < -0.39 is 11.6 Å². The fraction of sp³-hybridized carbons (Fsp3) is 0.250. The van der Waals surface area contributed by atoms with Crippen molar-refractivity contribution in [1.82, 2.24) is 19.7 Å². The predicted octanol–water partition coefficient (Wildman–Crippen LogP) is 2.62. The number of hydrogen-bond donors (Lipinski definition) is 2. The molecule has 1 aromatic carbocycles. The fourth-order valence-corrected chi connectivity index (χ4v) is 2.78. The minimum atomic E-state index is -0.657. The third-order valence-corrected chi connectivity index (χ3v) is 3.84. The number of fused-ring (bicyclic) bond motifs is 3. The number of halogens is 3. The van der Waals surface area contributed by atoms with E-state index in [0.29, 0.717) is 11.3 Å². The van der Waals surface area contributed by atoms with E-state index in [0.717, 1.165) is 29.3 Å². The first-order valence-corrected chi connectivity index (χ1v) is 6.59. The van der Waals surface area contributed by atoms with Crippen molar-refractivity contribution in [2.45, 2.75) is 6.42 Å². The maximum atomic E-state index is 13.6. The molecule has 4 nitrogen and oxygen atoms in total. The molecule has 2 N–H and O–H groups in total. The summed E-state index contributed by atoms with van der Waals surface area (Å²) in [5.74, 6) is -0.773. The van der Waals surface area contributed by atoms with Crippen molar-refractivity contribution in [3.05, 3.63) is 34.1 Å². The average Bonchev–Trinajstić information content (AvgIpc) is 2.85. The van der Waals surface area contributed by atoms with Gasteiger partial charge in [-0.1, -0.05) is 0 Å². The van der Waals surface area contributed by atoms with Crippen molar-refractivity contribution in [3.63, 3.8) is 0 Å². The molecule has 2 heterocycles. The van der Waals surface area contributed by atoms with Gasteiger partial charge in [0.25, 0.3) is 0 Å². The lowest BCUT2D eigenvalue weighted by Gasteiger charge is -1.99.